The lowest BCUT2D eigenvalue weighted by Crippen LogP contribution is -2.00. The molecule has 0 amide bonds. The van der Waals surface area contributed by atoms with Crippen molar-refractivity contribution in [2.24, 2.45) is 5.73 Å². The molecular weight excluding hydrogens is 331 g/mol. The van der Waals surface area contributed by atoms with Gasteiger partial charge >= 0.3 is 0 Å². The fourth-order valence-electron chi connectivity index (χ4n) is 0.882. The Hall–Kier alpha value is -0.120. The number of nitriles is 1. The summed E-state index contributed by atoms with van der Waals surface area (Å²) in [4.78, 5) is 0. The molecule has 1 aromatic rings. The van der Waals surface area contributed by atoms with E-state index in [-0.39, 0.29) is 0 Å². The van der Waals surface area contributed by atoms with Crippen molar-refractivity contribution in [2.75, 3.05) is 0 Å². The maximum Gasteiger partial charge on any atom is 0.101 e. The second-order valence-corrected chi connectivity index (χ2v) is 4.17. The Labute approximate surface area is 93.0 Å². The quantitative estimate of drug-likeness (QED) is 0.800. The van der Waals surface area contributed by atoms with Crippen LogP contribution in [0, 0.1) is 14.9 Å². The lowest BCUT2D eigenvalue weighted by atomic mass is 10.1. The van der Waals surface area contributed by atoms with Crippen molar-refractivity contribution in [3.05, 3.63) is 31.3 Å². The first-order valence-electron chi connectivity index (χ1n) is 3.27. The van der Waals surface area contributed by atoms with Gasteiger partial charge in [-0.15, -0.1) is 0 Å². The van der Waals surface area contributed by atoms with Crippen LogP contribution in [0.5, 0.6) is 0 Å². The number of rotatable bonds is 1. The molecule has 2 nitrogen and oxygen atoms in total. The largest absolute Gasteiger partial charge is 0.326 e. The van der Waals surface area contributed by atoms with E-state index in [1.54, 1.807) is 0 Å². The summed E-state index contributed by atoms with van der Waals surface area (Å²) in [7, 11) is 0. The number of hydrogen-bond donors (Lipinski definition) is 1. The van der Waals surface area contributed by atoms with Crippen molar-refractivity contribution in [3.8, 4) is 6.07 Å². The summed E-state index contributed by atoms with van der Waals surface area (Å²) in [6.45, 7) is 0.401. The summed E-state index contributed by atoms with van der Waals surface area (Å²) in [5.41, 5.74) is 6.99. The number of nitrogens with zero attached hydrogens (tertiary/aromatic N) is 1. The van der Waals surface area contributed by atoms with Gasteiger partial charge in [-0.1, -0.05) is 6.07 Å². The predicted octanol–water partition coefficient (Wildman–Crippen LogP) is 2.38. The van der Waals surface area contributed by atoms with E-state index in [9.17, 15) is 0 Å². The smallest absolute Gasteiger partial charge is 0.101 e. The van der Waals surface area contributed by atoms with E-state index in [4.69, 9.17) is 11.0 Å². The topological polar surface area (TPSA) is 49.8 Å². The predicted molar refractivity (Wildman–Crippen MR) is 59.5 cm³/mol. The highest BCUT2D eigenvalue weighted by molar-refractivity contribution is 14.1. The van der Waals surface area contributed by atoms with Crippen molar-refractivity contribution in [2.45, 2.75) is 6.54 Å². The normalized spacial score (nSPS) is 9.50. The fourth-order valence-corrected chi connectivity index (χ4v) is 1.81. The molecule has 0 saturated carbocycles. The summed E-state index contributed by atoms with van der Waals surface area (Å²) >= 11 is 5.51. The zero-order chi connectivity index (χ0) is 9.14. The van der Waals surface area contributed by atoms with Crippen LogP contribution in [0.25, 0.3) is 0 Å². The Morgan fingerprint density at radius 2 is 2.25 bits per heavy atom. The third-order valence-corrected chi connectivity index (χ3v) is 3.98. The van der Waals surface area contributed by atoms with E-state index >= 15 is 0 Å². The fraction of sp³-hybridized carbons (Fsp3) is 0.125. The molecule has 62 valence electrons. The summed E-state index contributed by atoms with van der Waals surface area (Å²) in [5.74, 6) is 0. The standard InChI is InChI=1S/C8H6BrIN2/c9-8-6(4-12)5(3-11)1-2-7(8)10/h1-2H,3,11H2. The molecule has 0 fully saturated rings. The minimum Gasteiger partial charge on any atom is -0.326 e. The molecule has 0 aliphatic rings. The molecule has 0 aliphatic heterocycles. The first-order chi connectivity index (χ1) is 5.70. The molecule has 0 atom stereocenters. The summed E-state index contributed by atoms with van der Waals surface area (Å²) in [6.07, 6.45) is 0. The molecule has 0 spiro atoms. The number of benzene rings is 1. The van der Waals surface area contributed by atoms with Gasteiger partial charge in [0.05, 0.1) is 5.56 Å². The van der Waals surface area contributed by atoms with Gasteiger partial charge in [-0.05, 0) is 50.2 Å². The second-order valence-electron chi connectivity index (χ2n) is 2.21. The number of nitrogens with two attached hydrogens (primary N) is 1. The van der Waals surface area contributed by atoms with Crippen molar-refractivity contribution >= 4 is 38.5 Å². The van der Waals surface area contributed by atoms with Crippen LogP contribution in [0.3, 0.4) is 0 Å². The zero-order valence-electron chi connectivity index (χ0n) is 6.14. The Balaban J connectivity index is 3.38. The molecule has 0 bridgehead atoms. The van der Waals surface area contributed by atoms with Crippen molar-refractivity contribution in [3.63, 3.8) is 0 Å². The van der Waals surface area contributed by atoms with Gasteiger partial charge < -0.3 is 5.73 Å². The summed E-state index contributed by atoms with van der Waals surface area (Å²) in [5, 5.41) is 8.82. The van der Waals surface area contributed by atoms with Crippen LogP contribution in [0.2, 0.25) is 0 Å². The van der Waals surface area contributed by atoms with Crippen molar-refractivity contribution < 1.29 is 0 Å². The van der Waals surface area contributed by atoms with Gasteiger partial charge in [0, 0.05) is 14.6 Å². The number of halogens is 2. The zero-order valence-corrected chi connectivity index (χ0v) is 9.89. The Morgan fingerprint density at radius 3 is 2.75 bits per heavy atom. The van der Waals surface area contributed by atoms with Gasteiger partial charge in [-0.3, -0.25) is 0 Å². The summed E-state index contributed by atoms with van der Waals surface area (Å²) in [6, 6.07) is 5.94. The van der Waals surface area contributed by atoms with Crippen molar-refractivity contribution in [1.29, 1.82) is 5.26 Å². The maximum atomic E-state index is 8.82. The van der Waals surface area contributed by atoms with Crippen LogP contribution >= 0.6 is 38.5 Å². The molecule has 1 aromatic carbocycles. The minimum atomic E-state index is 0.401. The Bertz CT molecular complexity index is 344. The third-order valence-electron chi connectivity index (χ3n) is 1.51. The van der Waals surface area contributed by atoms with Gasteiger partial charge in [-0.2, -0.15) is 5.26 Å². The first-order valence-corrected chi connectivity index (χ1v) is 5.15. The average Bonchev–Trinajstić information content (AvgIpc) is 2.09. The molecule has 0 aromatic heterocycles. The van der Waals surface area contributed by atoms with Gasteiger partial charge in [0.1, 0.15) is 6.07 Å². The van der Waals surface area contributed by atoms with E-state index in [0.29, 0.717) is 12.1 Å². The average molecular weight is 337 g/mol. The van der Waals surface area contributed by atoms with Crippen LogP contribution in [0.1, 0.15) is 11.1 Å². The molecule has 2 N–H and O–H groups in total. The second kappa shape index (κ2) is 4.21. The van der Waals surface area contributed by atoms with E-state index < -0.39 is 0 Å². The maximum absolute atomic E-state index is 8.82. The van der Waals surface area contributed by atoms with Gasteiger partial charge in [-0.25, -0.2) is 0 Å². The number of hydrogen-bond acceptors (Lipinski definition) is 2. The molecule has 0 radical (unpaired) electrons. The highest BCUT2D eigenvalue weighted by Gasteiger charge is 2.07. The molecule has 0 saturated heterocycles. The highest BCUT2D eigenvalue weighted by atomic mass is 127. The van der Waals surface area contributed by atoms with E-state index in [1.807, 2.05) is 12.1 Å². The molecule has 1 rings (SSSR count). The monoisotopic (exact) mass is 336 g/mol. The van der Waals surface area contributed by atoms with E-state index in [2.05, 4.69) is 44.6 Å². The van der Waals surface area contributed by atoms with Gasteiger partial charge in [0.25, 0.3) is 0 Å². The molecular formula is C8H6BrIN2. The van der Waals surface area contributed by atoms with Crippen LogP contribution in [-0.4, -0.2) is 0 Å². The van der Waals surface area contributed by atoms with Gasteiger partial charge in [0.2, 0.25) is 0 Å². The third kappa shape index (κ3) is 1.79. The molecule has 4 heteroatoms. The van der Waals surface area contributed by atoms with Crippen LogP contribution < -0.4 is 5.73 Å². The summed E-state index contributed by atoms with van der Waals surface area (Å²) < 4.78 is 1.87. The molecule has 0 heterocycles. The Kier molecular flexibility index (Phi) is 3.50. The lowest BCUT2D eigenvalue weighted by molar-refractivity contribution is 1.06. The molecule has 0 aliphatic carbocycles. The van der Waals surface area contributed by atoms with Crippen LogP contribution in [-0.2, 0) is 6.54 Å². The highest BCUT2D eigenvalue weighted by Crippen LogP contribution is 2.25. The van der Waals surface area contributed by atoms with E-state index in [1.165, 1.54) is 0 Å². The minimum absolute atomic E-state index is 0.401. The first kappa shape index (κ1) is 9.96. The van der Waals surface area contributed by atoms with Gasteiger partial charge in [0.15, 0.2) is 0 Å². The SMILES string of the molecule is N#Cc1c(CN)ccc(I)c1Br. The van der Waals surface area contributed by atoms with E-state index in [0.717, 1.165) is 13.6 Å². The van der Waals surface area contributed by atoms with Crippen LogP contribution in [0.15, 0.2) is 16.6 Å². The Morgan fingerprint density at radius 1 is 1.58 bits per heavy atom. The molecule has 0 unspecified atom stereocenters. The van der Waals surface area contributed by atoms with Crippen molar-refractivity contribution in [1.82, 2.24) is 0 Å². The van der Waals surface area contributed by atoms with Crippen LogP contribution in [0.4, 0.5) is 0 Å². The molecule has 12 heavy (non-hydrogen) atoms. The lowest BCUT2D eigenvalue weighted by Gasteiger charge is -2.03.